The first kappa shape index (κ1) is 18.0. The van der Waals surface area contributed by atoms with E-state index in [1.165, 1.54) is 5.56 Å². The number of nitrogens with one attached hydrogen (secondary N) is 1. The highest BCUT2D eigenvalue weighted by molar-refractivity contribution is 6.00. The summed E-state index contributed by atoms with van der Waals surface area (Å²) in [6.45, 7) is 4.87. The van der Waals surface area contributed by atoms with Crippen LogP contribution in [0.15, 0.2) is 42.5 Å². The van der Waals surface area contributed by atoms with Crippen molar-refractivity contribution in [3.05, 3.63) is 59.2 Å². The summed E-state index contributed by atoms with van der Waals surface area (Å²) in [4.78, 5) is 26.6. The monoisotopic (exact) mass is 352 g/mol. The Balaban J connectivity index is 1.64. The molecule has 5 heteroatoms. The lowest BCUT2D eigenvalue weighted by atomic mass is 10.1. The Labute approximate surface area is 154 Å². The maximum absolute atomic E-state index is 12.5. The fourth-order valence-electron chi connectivity index (χ4n) is 3.20. The summed E-state index contributed by atoms with van der Waals surface area (Å²) in [5, 5.41) is 2.93. The first-order valence-electron chi connectivity index (χ1n) is 8.77. The van der Waals surface area contributed by atoms with Crippen molar-refractivity contribution in [3.8, 4) is 5.75 Å². The molecule has 5 nitrogen and oxygen atoms in total. The minimum absolute atomic E-state index is 0.00862. The second kappa shape index (κ2) is 7.60. The molecule has 136 valence electrons. The van der Waals surface area contributed by atoms with E-state index in [1.807, 2.05) is 56.3 Å². The quantitative estimate of drug-likeness (QED) is 0.900. The van der Waals surface area contributed by atoms with E-state index in [9.17, 15) is 9.59 Å². The van der Waals surface area contributed by atoms with Gasteiger partial charge in [-0.25, -0.2) is 0 Å². The van der Waals surface area contributed by atoms with Crippen LogP contribution in [0.2, 0.25) is 0 Å². The maximum atomic E-state index is 12.5. The number of ether oxygens (including phenoxy) is 1. The zero-order valence-corrected chi connectivity index (χ0v) is 15.4. The average molecular weight is 352 g/mol. The Kier molecular flexibility index (Phi) is 5.26. The van der Waals surface area contributed by atoms with Crippen molar-refractivity contribution < 1.29 is 14.3 Å². The van der Waals surface area contributed by atoms with Crippen LogP contribution in [-0.4, -0.2) is 25.5 Å². The van der Waals surface area contributed by atoms with E-state index in [1.54, 1.807) is 12.0 Å². The predicted molar refractivity (Wildman–Crippen MR) is 101 cm³/mol. The number of hydrogen-bond acceptors (Lipinski definition) is 3. The number of methoxy groups -OCH3 is 1. The number of hydrogen-bond donors (Lipinski definition) is 1. The molecule has 1 aliphatic rings. The number of rotatable bonds is 5. The summed E-state index contributed by atoms with van der Waals surface area (Å²) in [6.07, 6.45) is 0.241. The normalized spacial score (nSPS) is 16.7. The smallest absolute Gasteiger partial charge is 0.227 e. The molecule has 0 spiro atoms. The molecule has 1 saturated heterocycles. The van der Waals surface area contributed by atoms with E-state index in [2.05, 4.69) is 5.32 Å². The summed E-state index contributed by atoms with van der Waals surface area (Å²) in [5.74, 6) is 0.298. The number of carbonyl (C=O) groups is 2. The largest absolute Gasteiger partial charge is 0.496 e. The van der Waals surface area contributed by atoms with Gasteiger partial charge in [-0.2, -0.15) is 0 Å². The molecule has 1 fully saturated rings. The van der Waals surface area contributed by atoms with Crippen molar-refractivity contribution in [1.82, 2.24) is 5.32 Å². The summed E-state index contributed by atoms with van der Waals surface area (Å²) in [5.41, 5.74) is 4.10. The van der Waals surface area contributed by atoms with Gasteiger partial charge in [0.05, 0.1) is 13.0 Å². The summed E-state index contributed by atoms with van der Waals surface area (Å²) >= 11 is 0. The van der Waals surface area contributed by atoms with Gasteiger partial charge in [0.2, 0.25) is 11.8 Å². The molecule has 2 aromatic carbocycles. The van der Waals surface area contributed by atoms with Gasteiger partial charge in [-0.05, 0) is 43.2 Å². The lowest BCUT2D eigenvalue weighted by Crippen LogP contribution is -2.32. The summed E-state index contributed by atoms with van der Waals surface area (Å²) in [6, 6.07) is 13.5. The highest BCUT2D eigenvalue weighted by atomic mass is 16.5. The van der Waals surface area contributed by atoms with Gasteiger partial charge < -0.3 is 15.0 Å². The third kappa shape index (κ3) is 3.72. The molecule has 0 radical (unpaired) electrons. The molecule has 3 rings (SSSR count). The molecule has 1 N–H and O–H groups in total. The SMILES string of the molecule is COc1ccccc1CNC(=O)[C@@H]1CC(=O)N(c2ccc(C)c(C)c2)C1. The molecule has 2 amide bonds. The molecule has 0 saturated carbocycles. The van der Waals surface area contributed by atoms with Gasteiger partial charge in [0.25, 0.3) is 0 Å². The molecule has 0 aromatic heterocycles. The van der Waals surface area contributed by atoms with Crippen LogP contribution >= 0.6 is 0 Å². The third-order valence-electron chi connectivity index (χ3n) is 4.94. The predicted octanol–water partition coefficient (Wildman–Crippen LogP) is 2.98. The van der Waals surface area contributed by atoms with Crippen LogP contribution in [0.4, 0.5) is 5.69 Å². The molecular weight excluding hydrogens is 328 g/mol. The van der Waals surface area contributed by atoms with Crippen molar-refractivity contribution in [1.29, 1.82) is 0 Å². The van der Waals surface area contributed by atoms with Crippen molar-refractivity contribution in [2.24, 2.45) is 5.92 Å². The van der Waals surface area contributed by atoms with Crippen LogP contribution in [0.25, 0.3) is 0 Å². The Bertz CT molecular complexity index is 832. The van der Waals surface area contributed by atoms with E-state index >= 15 is 0 Å². The van der Waals surface area contributed by atoms with Crippen LogP contribution in [0.1, 0.15) is 23.1 Å². The Hall–Kier alpha value is -2.82. The number of para-hydroxylation sites is 1. The fourth-order valence-corrected chi connectivity index (χ4v) is 3.20. The van der Waals surface area contributed by atoms with Gasteiger partial charge in [-0.15, -0.1) is 0 Å². The van der Waals surface area contributed by atoms with Crippen molar-refractivity contribution in [2.75, 3.05) is 18.6 Å². The second-order valence-electron chi connectivity index (χ2n) is 6.70. The van der Waals surface area contributed by atoms with Crippen LogP contribution < -0.4 is 15.0 Å². The summed E-state index contributed by atoms with van der Waals surface area (Å²) < 4.78 is 5.30. The molecule has 0 unspecified atom stereocenters. The highest BCUT2D eigenvalue weighted by Crippen LogP contribution is 2.27. The number of amides is 2. The number of benzene rings is 2. The molecule has 1 atom stereocenters. The molecule has 26 heavy (non-hydrogen) atoms. The molecule has 1 heterocycles. The van der Waals surface area contributed by atoms with E-state index in [4.69, 9.17) is 4.74 Å². The number of nitrogens with zero attached hydrogens (tertiary/aromatic N) is 1. The van der Waals surface area contributed by atoms with Gasteiger partial charge in [0, 0.05) is 30.8 Å². The Morgan fingerprint density at radius 1 is 1.19 bits per heavy atom. The number of anilines is 1. The topological polar surface area (TPSA) is 58.6 Å². The maximum Gasteiger partial charge on any atom is 0.227 e. The van der Waals surface area contributed by atoms with Gasteiger partial charge in [-0.3, -0.25) is 9.59 Å². The molecular formula is C21H24N2O3. The van der Waals surface area contributed by atoms with Crippen molar-refractivity contribution in [2.45, 2.75) is 26.8 Å². The number of carbonyl (C=O) groups excluding carboxylic acids is 2. The first-order valence-corrected chi connectivity index (χ1v) is 8.77. The zero-order chi connectivity index (χ0) is 18.7. The summed E-state index contributed by atoms with van der Waals surface area (Å²) in [7, 11) is 1.61. The molecule has 0 aliphatic carbocycles. The molecule has 1 aliphatic heterocycles. The van der Waals surface area contributed by atoms with Crippen LogP contribution in [-0.2, 0) is 16.1 Å². The van der Waals surface area contributed by atoms with Crippen LogP contribution in [0.5, 0.6) is 5.75 Å². The Morgan fingerprint density at radius 3 is 2.69 bits per heavy atom. The first-order chi connectivity index (χ1) is 12.5. The molecule has 0 bridgehead atoms. The zero-order valence-electron chi connectivity index (χ0n) is 15.4. The van der Waals surface area contributed by atoms with Gasteiger partial charge in [0.1, 0.15) is 5.75 Å². The van der Waals surface area contributed by atoms with E-state index in [0.717, 1.165) is 22.6 Å². The van der Waals surface area contributed by atoms with E-state index in [0.29, 0.717) is 13.1 Å². The second-order valence-corrected chi connectivity index (χ2v) is 6.70. The van der Waals surface area contributed by atoms with E-state index < -0.39 is 0 Å². The van der Waals surface area contributed by atoms with E-state index in [-0.39, 0.29) is 24.2 Å². The minimum Gasteiger partial charge on any atom is -0.496 e. The van der Waals surface area contributed by atoms with Gasteiger partial charge in [-0.1, -0.05) is 24.3 Å². The minimum atomic E-state index is -0.334. The lowest BCUT2D eigenvalue weighted by Gasteiger charge is -2.18. The van der Waals surface area contributed by atoms with Crippen molar-refractivity contribution in [3.63, 3.8) is 0 Å². The highest BCUT2D eigenvalue weighted by Gasteiger charge is 2.35. The van der Waals surface area contributed by atoms with Crippen LogP contribution in [0.3, 0.4) is 0 Å². The lowest BCUT2D eigenvalue weighted by molar-refractivity contribution is -0.126. The number of aryl methyl sites for hydroxylation is 2. The third-order valence-corrected chi connectivity index (χ3v) is 4.94. The van der Waals surface area contributed by atoms with Gasteiger partial charge >= 0.3 is 0 Å². The fraction of sp³-hybridized carbons (Fsp3) is 0.333. The van der Waals surface area contributed by atoms with Gasteiger partial charge in [0.15, 0.2) is 0 Å². The average Bonchev–Trinajstić information content (AvgIpc) is 3.04. The molecule has 2 aromatic rings. The van der Waals surface area contributed by atoms with Crippen molar-refractivity contribution >= 4 is 17.5 Å². The Morgan fingerprint density at radius 2 is 1.96 bits per heavy atom. The van der Waals surface area contributed by atoms with Crippen LogP contribution in [0, 0.1) is 19.8 Å². The standard InChI is InChI=1S/C21H24N2O3/c1-14-8-9-18(10-15(14)2)23-13-17(11-20(23)24)21(25)22-12-16-6-4-5-7-19(16)26-3/h4-10,17H,11-13H2,1-3H3,(H,22,25)/t17-/m1/s1.